The maximum atomic E-state index is 6.04. The molecule has 1 aliphatic rings. The lowest BCUT2D eigenvalue weighted by Crippen LogP contribution is -2.44. The van der Waals surface area contributed by atoms with E-state index in [0.717, 1.165) is 24.5 Å². The van der Waals surface area contributed by atoms with Crippen molar-refractivity contribution in [2.24, 2.45) is 5.73 Å². The molecule has 1 saturated heterocycles. The number of nitrogens with zero attached hydrogens (tertiary/aromatic N) is 1. The summed E-state index contributed by atoms with van der Waals surface area (Å²) in [5.41, 5.74) is 6.04. The summed E-state index contributed by atoms with van der Waals surface area (Å²) in [6.45, 7) is 6.21. The van der Waals surface area contributed by atoms with Gasteiger partial charge in [-0.1, -0.05) is 26.7 Å². The van der Waals surface area contributed by atoms with E-state index in [1.54, 1.807) is 0 Å². The Hall–Kier alpha value is -0.800. The van der Waals surface area contributed by atoms with Crippen LogP contribution in [0.2, 0.25) is 0 Å². The third-order valence-corrected chi connectivity index (χ3v) is 4.28. The molecule has 19 heavy (non-hydrogen) atoms. The van der Waals surface area contributed by atoms with Gasteiger partial charge in [0.05, 0.1) is 6.04 Å². The molecule has 1 fully saturated rings. The third kappa shape index (κ3) is 3.40. The van der Waals surface area contributed by atoms with Crippen LogP contribution in [0.15, 0.2) is 16.5 Å². The van der Waals surface area contributed by atoms with Crippen molar-refractivity contribution in [3.8, 4) is 0 Å². The third-order valence-electron chi connectivity index (χ3n) is 4.28. The van der Waals surface area contributed by atoms with Gasteiger partial charge in [-0.2, -0.15) is 0 Å². The summed E-state index contributed by atoms with van der Waals surface area (Å²) in [6.07, 6.45) is 7.44. The Morgan fingerprint density at radius 3 is 2.84 bits per heavy atom. The fraction of sp³-hybridized carbons (Fsp3) is 0.750. The van der Waals surface area contributed by atoms with Crippen LogP contribution in [0.1, 0.15) is 63.5 Å². The number of piperidine rings is 1. The summed E-state index contributed by atoms with van der Waals surface area (Å²) in [5.74, 6) is 2.12. The maximum absolute atomic E-state index is 6.04. The fourth-order valence-corrected chi connectivity index (χ4v) is 3.26. The van der Waals surface area contributed by atoms with Gasteiger partial charge in [-0.3, -0.25) is 4.90 Å². The Morgan fingerprint density at radius 1 is 1.37 bits per heavy atom. The van der Waals surface area contributed by atoms with E-state index < -0.39 is 0 Å². The van der Waals surface area contributed by atoms with Gasteiger partial charge in [0.1, 0.15) is 11.5 Å². The number of furan rings is 1. The predicted octanol–water partition coefficient (Wildman–Crippen LogP) is 3.50. The number of nitrogens with two attached hydrogens (primary N) is 1. The Kier molecular flexibility index (Phi) is 5.46. The molecular formula is C16H28N2O. The van der Waals surface area contributed by atoms with E-state index in [9.17, 15) is 0 Å². The summed E-state index contributed by atoms with van der Waals surface area (Å²) < 4.78 is 5.94. The number of hydrogen-bond acceptors (Lipinski definition) is 3. The van der Waals surface area contributed by atoms with E-state index in [1.165, 1.54) is 32.1 Å². The van der Waals surface area contributed by atoms with Crippen molar-refractivity contribution in [3.63, 3.8) is 0 Å². The van der Waals surface area contributed by atoms with Crippen LogP contribution in [0.25, 0.3) is 0 Å². The molecule has 0 saturated carbocycles. The van der Waals surface area contributed by atoms with Crippen LogP contribution >= 0.6 is 0 Å². The molecule has 3 nitrogen and oxygen atoms in total. The molecule has 2 heterocycles. The molecule has 2 N–H and O–H groups in total. The fourth-order valence-electron chi connectivity index (χ4n) is 3.26. The van der Waals surface area contributed by atoms with Gasteiger partial charge in [-0.25, -0.2) is 0 Å². The summed E-state index contributed by atoms with van der Waals surface area (Å²) >= 11 is 0. The van der Waals surface area contributed by atoms with E-state index in [0.29, 0.717) is 12.6 Å². The van der Waals surface area contributed by atoms with E-state index in [4.69, 9.17) is 10.2 Å². The lowest BCUT2D eigenvalue weighted by atomic mass is 9.95. The molecule has 0 amide bonds. The summed E-state index contributed by atoms with van der Waals surface area (Å²) in [5, 5.41) is 0. The zero-order valence-electron chi connectivity index (χ0n) is 12.4. The molecular weight excluding hydrogens is 236 g/mol. The van der Waals surface area contributed by atoms with Crippen molar-refractivity contribution in [2.45, 2.75) is 64.5 Å². The topological polar surface area (TPSA) is 42.4 Å². The standard InChI is InChI=1S/C16H28N2O/c1-3-7-13-8-5-6-11-18(13)15(12-17)16-10-9-14(4-2)19-16/h9-10,13,15H,3-8,11-12,17H2,1-2H3. The Morgan fingerprint density at radius 2 is 2.21 bits per heavy atom. The van der Waals surface area contributed by atoms with Crippen LogP contribution in [0, 0.1) is 0 Å². The van der Waals surface area contributed by atoms with Crippen LogP contribution in [0.5, 0.6) is 0 Å². The molecule has 0 aromatic carbocycles. The van der Waals surface area contributed by atoms with E-state index in [-0.39, 0.29) is 6.04 Å². The largest absolute Gasteiger partial charge is 0.464 e. The van der Waals surface area contributed by atoms with Gasteiger partial charge >= 0.3 is 0 Å². The molecule has 1 aliphatic heterocycles. The maximum Gasteiger partial charge on any atom is 0.122 e. The second kappa shape index (κ2) is 7.11. The smallest absolute Gasteiger partial charge is 0.122 e. The molecule has 2 atom stereocenters. The van der Waals surface area contributed by atoms with Crippen molar-refractivity contribution >= 4 is 0 Å². The highest BCUT2D eigenvalue weighted by atomic mass is 16.3. The molecule has 1 aromatic rings. The van der Waals surface area contributed by atoms with Gasteiger partial charge < -0.3 is 10.2 Å². The van der Waals surface area contributed by atoms with Gasteiger partial charge in [-0.05, 0) is 37.9 Å². The first-order valence-electron chi connectivity index (χ1n) is 7.84. The average Bonchev–Trinajstić information content (AvgIpc) is 2.91. The first kappa shape index (κ1) is 14.6. The zero-order chi connectivity index (χ0) is 13.7. The van der Waals surface area contributed by atoms with E-state index in [1.807, 2.05) is 0 Å². The van der Waals surface area contributed by atoms with Gasteiger partial charge in [0, 0.05) is 19.0 Å². The first-order valence-corrected chi connectivity index (χ1v) is 7.84. The highest BCUT2D eigenvalue weighted by Gasteiger charge is 2.30. The Bertz CT molecular complexity index is 373. The van der Waals surface area contributed by atoms with Crippen molar-refractivity contribution < 1.29 is 4.42 Å². The Labute approximate surface area is 117 Å². The number of hydrogen-bond donors (Lipinski definition) is 1. The van der Waals surface area contributed by atoms with Crippen molar-refractivity contribution in [1.29, 1.82) is 0 Å². The quantitative estimate of drug-likeness (QED) is 0.855. The number of likely N-dealkylation sites (tertiary alicyclic amines) is 1. The molecule has 2 unspecified atom stereocenters. The van der Waals surface area contributed by atoms with Crippen LogP contribution in [0.3, 0.4) is 0 Å². The van der Waals surface area contributed by atoms with Gasteiger partial charge in [0.2, 0.25) is 0 Å². The first-order chi connectivity index (χ1) is 9.30. The second-order valence-electron chi connectivity index (χ2n) is 5.59. The monoisotopic (exact) mass is 264 g/mol. The Balaban J connectivity index is 2.14. The summed E-state index contributed by atoms with van der Waals surface area (Å²) in [4.78, 5) is 2.59. The van der Waals surface area contributed by atoms with Crippen LogP contribution < -0.4 is 5.73 Å². The molecule has 2 rings (SSSR count). The molecule has 0 aliphatic carbocycles. The highest BCUT2D eigenvalue weighted by molar-refractivity contribution is 5.12. The van der Waals surface area contributed by atoms with Crippen LogP contribution in [-0.4, -0.2) is 24.0 Å². The molecule has 0 bridgehead atoms. The van der Waals surface area contributed by atoms with E-state index in [2.05, 4.69) is 30.9 Å². The summed E-state index contributed by atoms with van der Waals surface area (Å²) in [6, 6.07) is 5.16. The predicted molar refractivity (Wildman–Crippen MR) is 79.1 cm³/mol. The SMILES string of the molecule is CCCC1CCCCN1C(CN)c1ccc(CC)o1. The zero-order valence-corrected chi connectivity index (χ0v) is 12.4. The minimum Gasteiger partial charge on any atom is -0.464 e. The highest BCUT2D eigenvalue weighted by Crippen LogP contribution is 2.31. The minimum absolute atomic E-state index is 0.261. The van der Waals surface area contributed by atoms with Crippen molar-refractivity contribution in [3.05, 3.63) is 23.7 Å². The molecule has 108 valence electrons. The summed E-state index contributed by atoms with van der Waals surface area (Å²) in [7, 11) is 0. The number of rotatable bonds is 6. The second-order valence-corrected chi connectivity index (χ2v) is 5.59. The molecule has 0 spiro atoms. The van der Waals surface area contributed by atoms with Crippen LogP contribution in [-0.2, 0) is 6.42 Å². The number of aryl methyl sites for hydroxylation is 1. The molecule has 3 heteroatoms. The van der Waals surface area contributed by atoms with Gasteiger partial charge in [-0.15, -0.1) is 0 Å². The lowest BCUT2D eigenvalue weighted by Gasteiger charge is -2.40. The van der Waals surface area contributed by atoms with E-state index >= 15 is 0 Å². The minimum atomic E-state index is 0.261. The average molecular weight is 264 g/mol. The van der Waals surface area contributed by atoms with Gasteiger partial charge in [0.25, 0.3) is 0 Å². The lowest BCUT2D eigenvalue weighted by molar-refractivity contribution is 0.0794. The molecule has 0 radical (unpaired) electrons. The normalized spacial score (nSPS) is 22.6. The molecule has 1 aromatic heterocycles. The van der Waals surface area contributed by atoms with Crippen molar-refractivity contribution in [2.75, 3.05) is 13.1 Å². The van der Waals surface area contributed by atoms with Gasteiger partial charge in [0.15, 0.2) is 0 Å². The van der Waals surface area contributed by atoms with Crippen LogP contribution in [0.4, 0.5) is 0 Å². The van der Waals surface area contributed by atoms with Crippen molar-refractivity contribution in [1.82, 2.24) is 4.90 Å².